The summed E-state index contributed by atoms with van der Waals surface area (Å²) in [7, 11) is -0.903. The standard InChI is InChI=1S/C11H12F2N2OS2/c1-18(16)6-2-5-15-10-8(14-11(15)17)4-3-7(12)9(10)13/h3-4H,2,5-6H2,1H3,(H,14,17). The van der Waals surface area contributed by atoms with Crippen LogP contribution in [0.2, 0.25) is 0 Å². The number of nitrogens with one attached hydrogen (secondary N) is 1. The highest BCUT2D eigenvalue weighted by atomic mass is 32.2. The summed E-state index contributed by atoms with van der Waals surface area (Å²) in [4.78, 5) is 2.83. The van der Waals surface area contributed by atoms with E-state index in [-0.39, 0.29) is 5.52 Å². The van der Waals surface area contributed by atoms with E-state index in [1.807, 2.05) is 0 Å². The number of aromatic nitrogens is 2. The van der Waals surface area contributed by atoms with Crippen LogP contribution in [0.3, 0.4) is 0 Å². The van der Waals surface area contributed by atoms with Gasteiger partial charge in [-0.05, 0) is 30.8 Å². The quantitative estimate of drug-likeness (QED) is 0.879. The maximum atomic E-state index is 13.7. The van der Waals surface area contributed by atoms with Gasteiger partial charge in [0.05, 0.1) is 5.52 Å². The molecule has 0 aliphatic rings. The van der Waals surface area contributed by atoms with Crippen LogP contribution >= 0.6 is 12.2 Å². The lowest BCUT2D eigenvalue weighted by atomic mass is 10.3. The summed E-state index contributed by atoms with van der Waals surface area (Å²) in [6, 6.07) is 2.52. The van der Waals surface area contributed by atoms with Crippen molar-refractivity contribution < 1.29 is 13.0 Å². The van der Waals surface area contributed by atoms with Gasteiger partial charge in [0.25, 0.3) is 0 Å². The molecule has 2 rings (SSSR count). The van der Waals surface area contributed by atoms with Gasteiger partial charge >= 0.3 is 0 Å². The number of H-pyrrole nitrogens is 1. The van der Waals surface area contributed by atoms with Crippen LogP contribution in [0.25, 0.3) is 11.0 Å². The van der Waals surface area contributed by atoms with Gasteiger partial charge in [0.1, 0.15) is 5.52 Å². The zero-order chi connectivity index (χ0) is 13.3. The summed E-state index contributed by atoms with van der Waals surface area (Å²) in [5.41, 5.74) is 0.610. The van der Waals surface area contributed by atoms with Crippen LogP contribution in [0.5, 0.6) is 0 Å². The Kier molecular flexibility index (Phi) is 3.91. The van der Waals surface area contributed by atoms with E-state index in [1.54, 1.807) is 6.26 Å². The van der Waals surface area contributed by atoms with Crippen LogP contribution < -0.4 is 0 Å². The van der Waals surface area contributed by atoms with Crippen molar-refractivity contribution in [3.63, 3.8) is 0 Å². The third kappa shape index (κ3) is 2.51. The lowest BCUT2D eigenvalue weighted by Crippen LogP contribution is -2.04. The zero-order valence-electron chi connectivity index (χ0n) is 9.70. The summed E-state index contributed by atoms with van der Waals surface area (Å²) in [5.74, 6) is -1.30. The van der Waals surface area contributed by atoms with Crippen molar-refractivity contribution in [3.05, 3.63) is 28.5 Å². The average Bonchev–Trinajstić information content (AvgIpc) is 2.61. The van der Waals surface area contributed by atoms with Crippen LogP contribution in [0.15, 0.2) is 12.1 Å². The van der Waals surface area contributed by atoms with Crippen LogP contribution in [0, 0.1) is 16.4 Å². The van der Waals surface area contributed by atoms with E-state index in [0.29, 0.717) is 29.0 Å². The number of aromatic amines is 1. The number of hydrogen-bond acceptors (Lipinski definition) is 2. The van der Waals surface area contributed by atoms with E-state index in [0.717, 1.165) is 6.07 Å². The Balaban J connectivity index is 2.43. The van der Waals surface area contributed by atoms with Crippen molar-refractivity contribution in [3.8, 4) is 0 Å². The molecule has 0 spiro atoms. The normalized spacial score (nSPS) is 13.1. The number of benzene rings is 1. The number of halogens is 2. The smallest absolute Gasteiger partial charge is 0.184 e. The molecule has 7 heteroatoms. The number of rotatable bonds is 4. The molecule has 0 aliphatic heterocycles. The molecule has 1 atom stereocenters. The number of fused-ring (bicyclic) bond motifs is 1. The molecule has 0 fully saturated rings. The fourth-order valence-electron chi connectivity index (χ4n) is 1.83. The van der Waals surface area contributed by atoms with Crippen molar-refractivity contribution in [2.24, 2.45) is 0 Å². The molecule has 0 bridgehead atoms. The van der Waals surface area contributed by atoms with Gasteiger partial charge in [0.15, 0.2) is 16.4 Å². The molecule has 0 amide bonds. The molecular formula is C11H12F2N2OS2. The third-order valence-corrected chi connectivity index (χ3v) is 3.83. The summed E-state index contributed by atoms with van der Waals surface area (Å²) >= 11 is 5.08. The topological polar surface area (TPSA) is 37.8 Å². The Labute approximate surface area is 110 Å². The summed E-state index contributed by atoms with van der Waals surface area (Å²) in [6.07, 6.45) is 2.20. The molecule has 1 heterocycles. The molecule has 0 radical (unpaired) electrons. The first-order valence-electron chi connectivity index (χ1n) is 5.37. The van der Waals surface area contributed by atoms with Crippen LogP contribution in [-0.2, 0) is 17.3 Å². The van der Waals surface area contributed by atoms with Gasteiger partial charge < -0.3 is 9.55 Å². The van der Waals surface area contributed by atoms with E-state index in [2.05, 4.69) is 4.98 Å². The number of imidazole rings is 1. The van der Waals surface area contributed by atoms with Gasteiger partial charge in [-0.1, -0.05) is 0 Å². The molecule has 0 saturated carbocycles. The first-order chi connectivity index (χ1) is 8.50. The molecule has 18 heavy (non-hydrogen) atoms. The van der Waals surface area contributed by atoms with E-state index >= 15 is 0 Å². The second-order valence-corrected chi connectivity index (χ2v) is 5.91. The van der Waals surface area contributed by atoms with Crippen molar-refractivity contribution in [1.29, 1.82) is 0 Å². The molecule has 2 aromatic rings. The van der Waals surface area contributed by atoms with E-state index in [9.17, 15) is 13.0 Å². The highest BCUT2D eigenvalue weighted by Gasteiger charge is 2.13. The molecule has 1 aromatic carbocycles. The molecule has 1 aromatic heterocycles. The Hall–Kier alpha value is -1.08. The first kappa shape index (κ1) is 13.4. The summed E-state index contributed by atoms with van der Waals surface area (Å²) < 4.78 is 39.8. The van der Waals surface area contributed by atoms with Gasteiger partial charge in [0.2, 0.25) is 0 Å². The lowest BCUT2D eigenvalue weighted by molar-refractivity contribution is 0.510. The first-order valence-corrected chi connectivity index (χ1v) is 7.51. The van der Waals surface area contributed by atoms with E-state index in [4.69, 9.17) is 12.2 Å². The zero-order valence-corrected chi connectivity index (χ0v) is 11.3. The van der Waals surface area contributed by atoms with E-state index in [1.165, 1.54) is 10.6 Å². The van der Waals surface area contributed by atoms with E-state index < -0.39 is 22.4 Å². The van der Waals surface area contributed by atoms with Gasteiger partial charge in [-0.2, -0.15) is 0 Å². The van der Waals surface area contributed by atoms with Gasteiger partial charge in [-0.3, -0.25) is 4.21 Å². The number of aryl methyl sites for hydroxylation is 1. The SMILES string of the molecule is CS(=O)CCCn1c(=S)[nH]c2ccc(F)c(F)c21. The molecule has 0 aliphatic carbocycles. The van der Waals surface area contributed by atoms with Crippen molar-refractivity contribution >= 4 is 34.1 Å². The fourth-order valence-corrected chi connectivity index (χ4v) is 2.66. The van der Waals surface area contributed by atoms with Crippen molar-refractivity contribution in [1.82, 2.24) is 9.55 Å². The molecule has 98 valence electrons. The minimum Gasteiger partial charge on any atom is -0.330 e. The molecular weight excluding hydrogens is 278 g/mol. The van der Waals surface area contributed by atoms with Crippen molar-refractivity contribution in [2.45, 2.75) is 13.0 Å². The van der Waals surface area contributed by atoms with Crippen LogP contribution in [-0.4, -0.2) is 25.8 Å². The lowest BCUT2D eigenvalue weighted by Gasteiger charge is -2.04. The monoisotopic (exact) mass is 290 g/mol. The number of hydrogen-bond donors (Lipinski definition) is 1. The second kappa shape index (κ2) is 5.27. The molecule has 1 unspecified atom stereocenters. The Morgan fingerprint density at radius 3 is 2.83 bits per heavy atom. The maximum Gasteiger partial charge on any atom is 0.184 e. The largest absolute Gasteiger partial charge is 0.330 e. The Morgan fingerprint density at radius 1 is 1.44 bits per heavy atom. The van der Waals surface area contributed by atoms with Crippen LogP contribution in [0.1, 0.15) is 6.42 Å². The van der Waals surface area contributed by atoms with Gasteiger partial charge in [-0.15, -0.1) is 0 Å². The predicted octanol–water partition coefficient (Wildman–Crippen LogP) is 2.75. The van der Waals surface area contributed by atoms with Gasteiger partial charge in [-0.25, -0.2) is 8.78 Å². The van der Waals surface area contributed by atoms with Crippen LogP contribution in [0.4, 0.5) is 8.78 Å². The molecule has 0 saturated heterocycles. The minimum absolute atomic E-state index is 0.141. The van der Waals surface area contributed by atoms with Crippen molar-refractivity contribution in [2.75, 3.05) is 12.0 Å². The second-order valence-electron chi connectivity index (χ2n) is 3.97. The highest BCUT2D eigenvalue weighted by Crippen LogP contribution is 2.20. The van der Waals surface area contributed by atoms with Gasteiger partial charge in [0, 0.05) is 29.4 Å². The Bertz CT molecular complexity index is 663. The number of nitrogens with zero attached hydrogens (tertiary/aromatic N) is 1. The molecule has 3 nitrogen and oxygen atoms in total. The predicted molar refractivity (Wildman–Crippen MR) is 70.6 cm³/mol. The Morgan fingerprint density at radius 2 is 2.17 bits per heavy atom. The summed E-state index contributed by atoms with van der Waals surface area (Å²) in [6.45, 7) is 0.415. The summed E-state index contributed by atoms with van der Waals surface area (Å²) in [5, 5.41) is 0. The minimum atomic E-state index is -0.905. The average molecular weight is 290 g/mol. The maximum absolute atomic E-state index is 13.7. The molecule has 1 N–H and O–H groups in total. The third-order valence-electron chi connectivity index (χ3n) is 2.64. The fraction of sp³-hybridized carbons (Fsp3) is 0.364. The highest BCUT2D eigenvalue weighted by molar-refractivity contribution is 7.84.